The lowest BCUT2D eigenvalue weighted by Gasteiger charge is -2.24. The Morgan fingerprint density at radius 2 is 1.86 bits per heavy atom. The van der Waals surface area contributed by atoms with Gasteiger partial charge < -0.3 is 10.1 Å². The van der Waals surface area contributed by atoms with E-state index in [0.29, 0.717) is 11.4 Å². The SMILES string of the molecule is CCS(=O)(=O)N(CC(=O)NC(C)C)c1ccc(OC)cc1. The smallest absolute Gasteiger partial charge is 0.240 e. The molecule has 118 valence electrons. The summed E-state index contributed by atoms with van der Waals surface area (Å²) in [5, 5.41) is 2.69. The first kappa shape index (κ1) is 17.3. The van der Waals surface area contributed by atoms with Gasteiger partial charge >= 0.3 is 0 Å². The van der Waals surface area contributed by atoms with E-state index in [0.717, 1.165) is 4.31 Å². The van der Waals surface area contributed by atoms with Crippen LogP contribution in [0.25, 0.3) is 0 Å². The quantitative estimate of drug-likeness (QED) is 0.825. The van der Waals surface area contributed by atoms with E-state index < -0.39 is 10.0 Å². The minimum atomic E-state index is -3.53. The summed E-state index contributed by atoms with van der Waals surface area (Å²) >= 11 is 0. The van der Waals surface area contributed by atoms with Crippen molar-refractivity contribution in [2.45, 2.75) is 26.8 Å². The van der Waals surface area contributed by atoms with E-state index in [1.807, 2.05) is 13.8 Å². The summed E-state index contributed by atoms with van der Waals surface area (Å²) in [4.78, 5) is 11.9. The molecule has 1 aromatic rings. The van der Waals surface area contributed by atoms with Crippen molar-refractivity contribution in [3.63, 3.8) is 0 Å². The molecule has 1 amide bonds. The number of benzene rings is 1. The molecule has 6 nitrogen and oxygen atoms in total. The van der Waals surface area contributed by atoms with Crippen LogP contribution in [0, 0.1) is 0 Å². The molecule has 0 saturated heterocycles. The number of sulfonamides is 1. The normalized spacial score (nSPS) is 11.3. The van der Waals surface area contributed by atoms with Gasteiger partial charge in [0.15, 0.2) is 0 Å². The number of methoxy groups -OCH3 is 1. The number of hydrogen-bond donors (Lipinski definition) is 1. The van der Waals surface area contributed by atoms with Gasteiger partial charge in [-0.1, -0.05) is 0 Å². The van der Waals surface area contributed by atoms with Crippen molar-refractivity contribution in [3.05, 3.63) is 24.3 Å². The molecule has 0 atom stereocenters. The van der Waals surface area contributed by atoms with Crippen molar-refractivity contribution < 1.29 is 17.9 Å². The molecule has 0 bridgehead atoms. The molecular formula is C14H22N2O4S. The van der Waals surface area contributed by atoms with Gasteiger partial charge in [0.05, 0.1) is 18.6 Å². The van der Waals surface area contributed by atoms with Gasteiger partial charge in [0.25, 0.3) is 0 Å². The Bertz CT molecular complexity index is 567. The standard InChI is InChI=1S/C14H22N2O4S/c1-5-21(18,19)16(10-14(17)15-11(2)3)12-6-8-13(20-4)9-7-12/h6-9,11H,5,10H2,1-4H3,(H,15,17). The summed E-state index contributed by atoms with van der Waals surface area (Å²) in [6.45, 7) is 4.96. The molecule has 0 spiro atoms. The third-order valence-corrected chi connectivity index (χ3v) is 4.54. The molecule has 0 aliphatic heterocycles. The number of nitrogens with zero attached hydrogens (tertiary/aromatic N) is 1. The van der Waals surface area contributed by atoms with Crippen molar-refractivity contribution in [2.75, 3.05) is 23.7 Å². The first-order chi connectivity index (χ1) is 9.80. The number of rotatable bonds is 7. The lowest BCUT2D eigenvalue weighted by atomic mass is 10.3. The molecule has 0 aliphatic carbocycles. The lowest BCUT2D eigenvalue weighted by Crippen LogP contribution is -2.43. The fourth-order valence-electron chi connectivity index (χ4n) is 1.75. The average molecular weight is 314 g/mol. The fourth-order valence-corrected chi connectivity index (χ4v) is 2.82. The molecule has 7 heteroatoms. The van der Waals surface area contributed by atoms with Crippen molar-refractivity contribution in [1.29, 1.82) is 0 Å². The number of nitrogens with one attached hydrogen (secondary N) is 1. The van der Waals surface area contributed by atoms with Crippen LogP contribution in [0.15, 0.2) is 24.3 Å². The van der Waals surface area contributed by atoms with E-state index in [1.165, 1.54) is 7.11 Å². The highest BCUT2D eigenvalue weighted by Crippen LogP contribution is 2.21. The average Bonchev–Trinajstić information content (AvgIpc) is 2.44. The summed E-state index contributed by atoms with van der Waals surface area (Å²) < 4.78 is 30.5. The molecule has 0 unspecified atom stereocenters. The summed E-state index contributed by atoms with van der Waals surface area (Å²) in [5.74, 6) is 0.214. The molecule has 0 fully saturated rings. The zero-order valence-corrected chi connectivity index (χ0v) is 13.6. The van der Waals surface area contributed by atoms with E-state index in [1.54, 1.807) is 31.2 Å². The van der Waals surface area contributed by atoms with Gasteiger partial charge in [-0.25, -0.2) is 8.42 Å². The maximum atomic E-state index is 12.2. The van der Waals surface area contributed by atoms with Crippen LogP contribution < -0.4 is 14.4 Å². The number of carbonyl (C=O) groups is 1. The fraction of sp³-hybridized carbons (Fsp3) is 0.500. The second kappa shape index (κ2) is 7.31. The number of hydrogen-bond acceptors (Lipinski definition) is 4. The Kier molecular flexibility index (Phi) is 6.02. The van der Waals surface area contributed by atoms with Crippen LogP contribution in [0.5, 0.6) is 5.75 Å². The van der Waals surface area contributed by atoms with Crippen molar-refractivity contribution in [1.82, 2.24) is 5.32 Å². The minimum absolute atomic E-state index is 0.0421. The summed E-state index contributed by atoms with van der Waals surface area (Å²) in [6.07, 6.45) is 0. The molecule has 0 aromatic heterocycles. The van der Waals surface area contributed by atoms with Crippen LogP contribution in [-0.2, 0) is 14.8 Å². The van der Waals surface area contributed by atoms with Gasteiger partial charge in [0, 0.05) is 6.04 Å². The molecule has 0 radical (unpaired) electrons. The summed E-state index contributed by atoms with van der Waals surface area (Å²) in [7, 11) is -2.00. The molecule has 0 aliphatic rings. The Labute approximate surface area is 126 Å². The molecular weight excluding hydrogens is 292 g/mol. The zero-order valence-electron chi connectivity index (χ0n) is 12.8. The third kappa shape index (κ3) is 4.93. The second-order valence-corrected chi connectivity index (χ2v) is 7.01. The monoisotopic (exact) mass is 314 g/mol. The third-order valence-electron chi connectivity index (χ3n) is 2.80. The van der Waals surface area contributed by atoms with Crippen LogP contribution in [0.4, 0.5) is 5.69 Å². The maximum absolute atomic E-state index is 12.2. The van der Waals surface area contributed by atoms with E-state index in [4.69, 9.17) is 4.74 Å². The lowest BCUT2D eigenvalue weighted by molar-refractivity contribution is -0.120. The van der Waals surface area contributed by atoms with E-state index >= 15 is 0 Å². The maximum Gasteiger partial charge on any atom is 0.240 e. The van der Waals surface area contributed by atoms with Crippen LogP contribution in [-0.4, -0.2) is 39.8 Å². The molecule has 1 N–H and O–H groups in total. The van der Waals surface area contributed by atoms with Gasteiger partial charge in [-0.05, 0) is 45.0 Å². The number of anilines is 1. The van der Waals surface area contributed by atoms with Crippen LogP contribution in [0.3, 0.4) is 0 Å². The molecule has 0 heterocycles. The summed E-state index contributed by atoms with van der Waals surface area (Å²) in [6, 6.07) is 6.52. The first-order valence-corrected chi connectivity index (χ1v) is 8.35. The van der Waals surface area contributed by atoms with E-state index in [9.17, 15) is 13.2 Å². The van der Waals surface area contributed by atoms with Crippen molar-refractivity contribution >= 4 is 21.6 Å². The van der Waals surface area contributed by atoms with Crippen LogP contribution in [0.1, 0.15) is 20.8 Å². The van der Waals surface area contributed by atoms with Crippen LogP contribution >= 0.6 is 0 Å². The van der Waals surface area contributed by atoms with Gasteiger partial charge in [-0.15, -0.1) is 0 Å². The first-order valence-electron chi connectivity index (χ1n) is 6.74. The van der Waals surface area contributed by atoms with Gasteiger partial charge in [0.2, 0.25) is 15.9 Å². The molecule has 0 saturated carbocycles. The second-order valence-electron chi connectivity index (χ2n) is 4.83. The predicted molar refractivity (Wildman–Crippen MR) is 83.1 cm³/mol. The zero-order chi connectivity index (χ0) is 16.0. The van der Waals surface area contributed by atoms with Gasteiger partial charge in [-0.2, -0.15) is 0 Å². The summed E-state index contributed by atoms with van der Waals surface area (Å²) in [5.41, 5.74) is 0.441. The Balaban J connectivity index is 3.05. The topological polar surface area (TPSA) is 75.7 Å². The number of ether oxygens (including phenoxy) is 1. The largest absolute Gasteiger partial charge is 0.497 e. The minimum Gasteiger partial charge on any atom is -0.497 e. The highest BCUT2D eigenvalue weighted by Gasteiger charge is 2.23. The Morgan fingerprint density at radius 1 is 1.29 bits per heavy atom. The van der Waals surface area contributed by atoms with E-state index in [2.05, 4.69) is 5.32 Å². The van der Waals surface area contributed by atoms with Gasteiger partial charge in [0.1, 0.15) is 12.3 Å². The number of amides is 1. The number of carbonyl (C=O) groups excluding carboxylic acids is 1. The van der Waals surface area contributed by atoms with Gasteiger partial charge in [-0.3, -0.25) is 9.10 Å². The van der Waals surface area contributed by atoms with E-state index in [-0.39, 0.29) is 24.2 Å². The molecule has 1 aromatic carbocycles. The van der Waals surface area contributed by atoms with Crippen molar-refractivity contribution in [3.8, 4) is 5.75 Å². The van der Waals surface area contributed by atoms with Crippen molar-refractivity contribution in [2.24, 2.45) is 0 Å². The highest BCUT2D eigenvalue weighted by molar-refractivity contribution is 7.92. The molecule has 21 heavy (non-hydrogen) atoms. The Hall–Kier alpha value is -1.76. The molecule has 1 rings (SSSR count). The van der Waals surface area contributed by atoms with Crippen LogP contribution in [0.2, 0.25) is 0 Å². The Morgan fingerprint density at radius 3 is 2.29 bits per heavy atom. The highest BCUT2D eigenvalue weighted by atomic mass is 32.2. The predicted octanol–water partition coefficient (Wildman–Crippen LogP) is 1.38.